The van der Waals surface area contributed by atoms with Gasteiger partial charge in [0.05, 0.1) is 23.5 Å². The number of aromatic nitrogens is 3. The Hall–Kier alpha value is -1.58. The van der Waals surface area contributed by atoms with E-state index in [0.29, 0.717) is 32.5 Å². The largest absolute Gasteiger partial charge is 0.271 e. The smallest absolute Gasteiger partial charge is 0.209 e. The van der Waals surface area contributed by atoms with E-state index in [1.54, 1.807) is 22.8 Å². The van der Waals surface area contributed by atoms with Gasteiger partial charge < -0.3 is 0 Å². The predicted octanol–water partition coefficient (Wildman–Crippen LogP) is 3.92. The van der Waals surface area contributed by atoms with Gasteiger partial charge in [0.1, 0.15) is 0 Å². The van der Waals surface area contributed by atoms with Crippen molar-refractivity contribution in [2.24, 2.45) is 0 Å². The van der Waals surface area contributed by atoms with Crippen LogP contribution in [0.3, 0.4) is 0 Å². The third-order valence-corrected chi connectivity index (χ3v) is 5.78. The lowest BCUT2D eigenvalue weighted by atomic mass is 10.2. The molecule has 1 aromatic heterocycles. The Balaban J connectivity index is 1.97. The minimum absolute atomic E-state index is 0.0133. The Morgan fingerprint density at radius 3 is 2.56 bits per heavy atom. The third-order valence-electron chi connectivity index (χ3n) is 3.55. The average molecular weight is 443 g/mol. The van der Waals surface area contributed by atoms with Crippen LogP contribution < -0.4 is 4.72 Å². The van der Waals surface area contributed by atoms with Gasteiger partial charge in [-0.15, -0.1) is 10.2 Å². The minimum Gasteiger partial charge on any atom is -0.271 e. The van der Waals surface area contributed by atoms with E-state index in [9.17, 15) is 8.42 Å². The summed E-state index contributed by atoms with van der Waals surface area (Å²) in [7, 11) is -3.38. The predicted molar refractivity (Wildman–Crippen MR) is 109 cm³/mol. The van der Waals surface area contributed by atoms with E-state index in [2.05, 4.69) is 14.9 Å². The van der Waals surface area contributed by atoms with Crippen LogP contribution in [0.1, 0.15) is 11.4 Å². The Labute approximate surface area is 172 Å². The van der Waals surface area contributed by atoms with Gasteiger partial charge in [0.25, 0.3) is 0 Å². The summed E-state index contributed by atoms with van der Waals surface area (Å²) in [6.07, 6.45) is 1.09. The molecule has 0 saturated heterocycles. The first-order chi connectivity index (χ1) is 12.8. The van der Waals surface area contributed by atoms with Gasteiger partial charge in [0.15, 0.2) is 11.0 Å². The Morgan fingerprint density at radius 2 is 1.85 bits per heavy atom. The molecular weight excluding hydrogens is 427 g/mol. The van der Waals surface area contributed by atoms with E-state index in [4.69, 9.17) is 23.2 Å². The van der Waals surface area contributed by atoms with Crippen LogP contribution in [0.4, 0.5) is 0 Å². The van der Waals surface area contributed by atoms with Crippen molar-refractivity contribution in [1.29, 1.82) is 0 Å². The first-order valence-electron chi connectivity index (χ1n) is 7.84. The van der Waals surface area contributed by atoms with Crippen LogP contribution in [0.15, 0.2) is 53.7 Å². The lowest BCUT2D eigenvalue weighted by Gasteiger charge is -2.12. The number of nitrogens with one attached hydrogen (secondary N) is 1. The molecule has 3 aromatic rings. The van der Waals surface area contributed by atoms with Crippen LogP contribution in [0.5, 0.6) is 0 Å². The van der Waals surface area contributed by atoms with Crippen molar-refractivity contribution >= 4 is 45.0 Å². The Kier molecular flexibility index (Phi) is 6.44. The summed E-state index contributed by atoms with van der Waals surface area (Å²) >= 11 is 14.0. The molecule has 1 N–H and O–H groups in total. The molecule has 0 fully saturated rings. The molecule has 0 saturated carbocycles. The second-order valence-corrected chi connectivity index (χ2v) is 9.32. The molecule has 142 valence electrons. The Bertz CT molecular complexity index is 1040. The topological polar surface area (TPSA) is 76.9 Å². The standard InChI is InChI=1S/C17H16Cl2N4O2S2/c1-27(24,25)20-10-16-21-22-17(26-11-12-5-3-2-4-6-12)23(16)15-9-13(18)7-8-14(15)19/h2-9,20H,10-11H2,1H3. The molecule has 10 heteroatoms. The summed E-state index contributed by atoms with van der Waals surface area (Å²) in [6.45, 7) is -0.0133. The van der Waals surface area contributed by atoms with Crippen LogP contribution >= 0.6 is 35.0 Å². The van der Waals surface area contributed by atoms with Gasteiger partial charge in [-0.1, -0.05) is 65.3 Å². The van der Waals surface area contributed by atoms with Crippen molar-refractivity contribution in [3.05, 3.63) is 70.0 Å². The van der Waals surface area contributed by atoms with E-state index in [1.165, 1.54) is 11.8 Å². The number of nitrogens with zero attached hydrogens (tertiary/aromatic N) is 3. The monoisotopic (exact) mass is 442 g/mol. The molecule has 0 atom stereocenters. The fourth-order valence-electron chi connectivity index (χ4n) is 2.33. The molecule has 0 spiro atoms. The SMILES string of the molecule is CS(=O)(=O)NCc1nnc(SCc2ccccc2)n1-c1cc(Cl)ccc1Cl. The molecule has 0 aliphatic carbocycles. The maximum atomic E-state index is 11.5. The first kappa shape index (κ1) is 20.2. The lowest BCUT2D eigenvalue weighted by Crippen LogP contribution is -2.23. The molecule has 1 heterocycles. The highest BCUT2D eigenvalue weighted by Crippen LogP contribution is 2.30. The Morgan fingerprint density at radius 1 is 1.11 bits per heavy atom. The normalized spacial score (nSPS) is 11.7. The number of hydrogen-bond acceptors (Lipinski definition) is 5. The lowest BCUT2D eigenvalue weighted by molar-refractivity contribution is 0.584. The second-order valence-electron chi connectivity index (χ2n) is 5.70. The van der Waals surface area contributed by atoms with Crippen LogP contribution in [-0.4, -0.2) is 29.4 Å². The van der Waals surface area contributed by atoms with Gasteiger partial charge >= 0.3 is 0 Å². The van der Waals surface area contributed by atoms with Crippen molar-refractivity contribution in [3.8, 4) is 5.69 Å². The van der Waals surface area contributed by atoms with Gasteiger partial charge in [-0.2, -0.15) is 0 Å². The van der Waals surface area contributed by atoms with Gasteiger partial charge in [0, 0.05) is 10.8 Å². The number of halogens is 2. The van der Waals surface area contributed by atoms with Gasteiger partial charge in [-0.25, -0.2) is 13.1 Å². The summed E-state index contributed by atoms with van der Waals surface area (Å²) in [5.41, 5.74) is 1.72. The van der Waals surface area contributed by atoms with E-state index in [-0.39, 0.29) is 6.54 Å². The fourth-order valence-corrected chi connectivity index (χ4v) is 4.00. The van der Waals surface area contributed by atoms with Crippen molar-refractivity contribution < 1.29 is 8.42 Å². The molecule has 0 amide bonds. The van der Waals surface area contributed by atoms with Crippen molar-refractivity contribution in [2.45, 2.75) is 17.5 Å². The van der Waals surface area contributed by atoms with Crippen LogP contribution in [0.25, 0.3) is 5.69 Å². The molecule has 27 heavy (non-hydrogen) atoms. The van der Waals surface area contributed by atoms with Gasteiger partial charge in [0.2, 0.25) is 10.0 Å². The van der Waals surface area contributed by atoms with E-state index >= 15 is 0 Å². The molecule has 2 aromatic carbocycles. The van der Waals surface area contributed by atoms with E-state index in [1.807, 2.05) is 30.3 Å². The molecule has 0 bridgehead atoms. The average Bonchev–Trinajstić information content (AvgIpc) is 3.03. The molecule has 0 unspecified atom stereocenters. The fraction of sp³-hybridized carbons (Fsp3) is 0.176. The second kappa shape index (κ2) is 8.62. The molecule has 3 rings (SSSR count). The maximum Gasteiger partial charge on any atom is 0.209 e. The van der Waals surface area contributed by atoms with Gasteiger partial charge in [-0.3, -0.25) is 4.57 Å². The van der Waals surface area contributed by atoms with E-state index < -0.39 is 10.0 Å². The zero-order chi connectivity index (χ0) is 19.4. The molecule has 6 nitrogen and oxygen atoms in total. The third kappa shape index (κ3) is 5.46. The van der Waals surface area contributed by atoms with Crippen LogP contribution in [-0.2, 0) is 22.3 Å². The maximum absolute atomic E-state index is 11.5. The summed E-state index contributed by atoms with van der Waals surface area (Å²) in [5.74, 6) is 1.09. The summed E-state index contributed by atoms with van der Waals surface area (Å²) in [5, 5.41) is 9.91. The van der Waals surface area contributed by atoms with Gasteiger partial charge in [-0.05, 0) is 23.8 Å². The highest BCUT2D eigenvalue weighted by atomic mass is 35.5. The quantitative estimate of drug-likeness (QED) is 0.561. The summed E-state index contributed by atoms with van der Waals surface area (Å²) in [4.78, 5) is 0. The highest BCUT2D eigenvalue weighted by Gasteiger charge is 2.18. The zero-order valence-electron chi connectivity index (χ0n) is 14.3. The van der Waals surface area contributed by atoms with Crippen molar-refractivity contribution in [3.63, 3.8) is 0 Å². The molecular formula is C17H16Cl2N4O2S2. The van der Waals surface area contributed by atoms with Crippen LogP contribution in [0.2, 0.25) is 10.0 Å². The molecule has 0 aliphatic heterocycles. The first-order valence-corrected chi connectivity index (χ1v) is 11.5. The summed E-state index contributed by atoms with van der Waals surface area (Å²) in [6, 6.07) is 15.0. The number of sulfonamides is 1. The van der Waals surface area contributed by atoms with Crippen molar-refractivity contribution in [1.82, 2.24) is 19.5 Å². The van der Waals surface area contributed by atoms with Crippen LogP contribution in [0, 0.1) is 0 Å². The van der Waals surface area contributed by atoms with Crippen molar-refractivity contribution in [2.75, 3.05) is 6.26 Å². The number of hydrogen-bond donors (Lipinski definition) is 1. The van der Waals surface area contributed by atoms with E-state index in [0.717, 1.165) is 11.8 Å². The zero-order valence-corrected chi connectivity index (χ0v) is 17.4. The molecule has 0 radical (unpaired) electrons. The number of thioether (sulfide) groups is 1. The minimum atomic E-state index is -3.38. The number of rotatable bonds is 7. The highest BCUT2D eigenvalue weighted by molar-refractivity contribution is 7.98. The molecule has 0 aliphatic rings. The summed E-state index contributed by atoms with van der Waals surface area (Å²) < 4.78 is 27.1. The number of benzene rings is 2.